The molecule has 30 heavy (non-hydrogen) atoms. The van der Waals surface area contributed by atoms with Gasteiger partial charge in [-0.25, -0.2) is 9.97 Å². The Bertz CT molecular complexity index is 999. The second-order valence-electron chi connectivity index (χ2n) is 7.36. The second kappa shape index (κ2) is 8.89. The molecule has 0 spiro atoms. The number of methoxy groups -OCH3 is 2. The van der Waals surface area contributed by atoms with Crippen LogP contribution in [-0.4, -0.2) is 53.1 Å². The third-order valence-corrected chi connectivity index (χ3v) is 3.98. The summed E-state index contributed by atoms with van der Waals surface area (Å²) in [6.45, 7) is 6.64. The minimum absolute atomic E-state index is 0.0158. The molecule has 0 aliphatic heterocycles. The van der Waals surface area contributed by atoms with Crippen LogP contribution in [0.5, 0.6) is 11.8 Å². The van der Waals surface area contributed by atoms with E-state index in [4.69, 9.17) is 14.2 Å². The lowest BCUT2D eigenvalue weighted by atomic mass is 10.0. The van der Waals surface area contributed by atoms with Crippen molar-refractivity contribution in [3.05, 3.63) is 27.3 Å². The average molecular weight is 420 g/mol. The van der Waals surface area contributed by atoms with E-state index < -0.39 is 22.4 Å². The lowest BCUT2D eigenvalue weighted by Gasteiger charge is -2.19. The lowest BCUT2D eigenvalue weighted by Crippen LogP contribution is -2.30. The van der Waals surface area contributed by atoms with Crippen LogP contribution in [0, 0.1) is 17.0 Å². The number of amides is 1. The summed E-state index contributed by atoms with van der Waals surface area (Å²) in [5, 5.41) is 14.0. The van der Waals surface area contributed by atoms with E-state index >= 15 is 0 Å². The van der Waals surface area contributed by atoms with Gasteiger partial charge in [0.15, 0.2) is 0 Å². The van der Waals surface area contributed by atoms with Crippen molar-refractivity contribution in [2.24, 2.45) is 0 Å². The van der Waals surface area contributed by atoms with Crippen LogP contribution in [0.15, 0.2) is 6.07 Å². The smallest absolute Gasteiger partial charge is 0.308 e. The third kappa shape index (κ3) is 5.10. The number of hydrogen-bond acceptors (Lipinski definition) is 9. The summed E-state index contributed by atoms with van der Waals surface area (Å²) >= 11 is 0. The highest BCUT2D eigenvalue weighted by Gasteiger charge is 2.26. The fourth-order valence-corrected chi connectivity index (χ4v) is 2.74. The Labute approximate surface area is 172 Å². The van der Waals surface area contributed by atoms with Crippen molar-refractivity contribution in [3.8, 4) is 11.8 Å². The number of carbonyl (C=O) groups is 2. The second-order valence-corrected chi connectivity index (χ2v) is 7.36. The maximum Gasteiger partial charge on any atom is 0.308 e. The summed E-state index contributed by atoms with van der Waals surface area (Å²) in [5.74, 6) is -1.05. The normalized spacial score (nSPS) is 11.1. The summed E-state index contributed by atoms with van der Waals surface area (Å²) in [6.07, 6.45) is -0.0578. The number of aromatic nitrogens is 2. The van der Waals surface area contributed by atoms with Crippen LogP contribution in [0.3, 0.4) is 0 Å². The molecule has 11 heteroatoms. The number of nitrogens with zero attached hydrogens (tertiary/aromatic N) is 3. The first-order valence-electron chi connectivity index (χ1n) is 9.06. The Hall–Kier alpha value is -3.50. The van der Waals surface area contributed by atoms with E-state index in [-0.39, 0.29) is 52.6 Å². The van der Waals surface area contributed by atoms with E-state index in [2.05, 4.69) is 15.3 Å². The van der Waals surface area contributed by atoms with Gasteiger partial charge in [0.05, 0.1) is 31.1 Å². The molecular weight excluding hydrogens is 396 g/mol. The van der Waals surface area contributed by atoms with E-state index in [1.807, 2.05) is 0 Å². The standard InChI is InChI=1S/C19H24N4O7/c1-10-12(23(26)27)9-11-15(22-18(29-6)17(21-11)28-5)14(10)16(25)20-8-7-13(24)30-19(2,3)4/h9H,7-8H2,1-6H3,(H,20,25). The minimum atomic E-state index is -0.640. The molecule has 1 amide bonds. The highest BCUT2D eigenvalue weighted by Crippen LogP contribution is 2.32. The highest BCUT2D eigenvalue weighted by atomic mass is 16.6. The van der Waals surface area contributed by atoms with Crippen molar-refractivity contribution >= 4 is 28.6 Å². The SMILES string of the molecule is COc1nc2cc([N+](=O)[O-])c(C)c(C(=O)NCCC(=O)OC(C)(C)C)c2nc1OC. The van der Waals surface area contributed by atoms with Crippen molar-refractivity contribution in [1.29, 1.82) is 0 Å². The summed E-state index contributed by atoms with van der Waals surface area (Å²) in [5.41, 5.74) is -0.631. The average Bonchev–Trinajstić information content (AvgIpc) is 2.64. The van der Waals surface area contributed by atoms with Crippen molar-refractivity contribution < 1.29 is 28.7 Å². The molecule has 11 nitrogen and oxygen atoms in total. The molecule has 1 N–H and O–H groups in total. The molecule has 2 aromatic rings. The third-order valence-electron chi connectivity index (χ3n) is 3.98. The van der Waals surface area contributed by atoms with Gasteiger partial charge >= 0.3 is 5.97 Å². The molecule has 1 aromatic carbocycles. The van der Waals surface area contributed by atoms with Crippen molar-refractivity contribution in [2.75, 3.05) is 20.8 Å². The van der Waals surface area contributed by atoms with Gasteiger partial charge in [-0.3, -0.25) is 19.7 Å². The lowest BCUT2D eigenvalue weighted by molar-refractivity contribution is -0.385. The monoisotopic (exact) mass is 420 g/mol. The van der Waals surface area contributed by atoms with Crippen LogP contribution in [0.2, 0.25) is 0 Å². The molecule has 1 heterocycles. The molecule has 0 fully saturated rings. The molecule has 0 unspecified atom stereocenters. The summed E-state index contributed by atoms with van der Waals surface area (Å²) in [6, 6.07) is 1.22. The van der Waals surface area contributed by atoms with Crippen LogP contribution in [0.4, 0.5) is 5.69 Å². The Balaban J connectivity index is 2.42. The molecule has 0 aliphatic carbocycles. The predicted octanol–water partition coefficient (Wildman–Crippen LogP) is 2.33. The number of hydrogen-bond donors (Lipinski definition) is 1. The van der Waals surface area contributed by atoms with Gasteiger partial charge in [0.1, 0.15) is 16.6 Å². The molecule has 0 bridgehead atoms. The fraction of sp³-hybridized carbons (Fsp3) is 0.474. The van der Waals surface area contributed by atoms with Crippen molar-refractivity contribution in [3.63, 3.8) is 0 Å². The van der Waals surface area contributed by atoms with Crippen LogP contribution in [-0.2, 0) is 9.53 Å². The Morgan fingerprint density at radius 3 is 2.30 bits per heavy atom. The Kier molecular flexibility index (Phi) is 6.75. The zero-order valence-corrected chi connectivity index (χ0v) is 17.7. The highest BCUT2D eigenvalue weighted by molar-refractivity contribution is 6.07. The molecule has 0 aliphatic rings. The maximum absolute atomic E-state index is 12.8. The topological polar surface area (TPSA) is 143 Å². The number of nitro groups is 1. The molecule has 1 aromatic heterocycles. The number of benzene rings is 1. The first-order chi connectivity index (χ1) is 14.0. The number of esters is 1. The summed E-state index contributed by atoms with van der Waals surface area (Å²) < 4.78 is 15.4. The molecular formula is C19H24N4O7. The molecule has 0 saturated carbocycles. The van der Waals surface area contributed by atoms with Crippen LogP contribution in [0.1, 0.15) is 43.1 Å². The van der Waals surface area contributed by atoms with E-state index in [9.17, 15) is 19.7 Å². The van der Waals surface area contributed by atoms with Gasteiger partial charge in [0.25, 0.3) is 23.4 Å². The van der Waals surface area contributed by atoms with E-state index in [0.29, 0.717) is 0 Å². The van der Waals surface area contributed by atoms with Gasteiger partial charge in [0, 0.05) is 18.2 Å². The van der Waals surface area contributed by atoms with Crippen LogP contribution < -0.4 is 14.8 Å². The largest absolute Gasteiger partial charge is 0.477 e. The zero-order chi connectivity index (χ0) is 22.6. The minimum Gasteiger partial charge on any atom is -0.477 e. The number of rotatable bonds is 7. The number of nitrogens with one attached hydrogen (secondary N) is 1. The van der Waals surface area contributed by atoms with Crippen molar-refractivity contribution in [2.45, 2.75) is 39.7 Å². The van der Waals surface area contributed by atoms with Gasteiger partial charge in [-0.15, -0.1) is 0 Å². The maximum atomic E-state index is 12.8. The molecule has 2 rings (SSSR count). The summed E-state index contributed by atoms with van der Waals surface area (Å²) in [4.78, 5) is 44.0. The summed E-state index contributed by atoms with van der Waals surface area (Å²) in [7, 11) is 2.71. The first-order valence-corrected chi connectivity index (χ1v) is 9.06. The van der Waals surface area contributed by atoms with Crippen LogP contribution >= 0.6 is 0 Å². The van der Waals surface area contributed by atoms with Gasteiger partial charge in [0.2, 0.25) is 0 Å². The van der Waals surface area contributed by atoms with Gasteiger partial charge in [-0.1, -0.05) is 0 Å². The Morgan fingerprint density at radius 2 is 1.77 bits per heavy atom. The molecule has 0 atom stereocenters. The molecule has 0 saturated heterocycles. The van der Waals surface area contributed by atoms with Crippen molar-refractivity contribution in [1.82, 2.24) is 15.3 Å². The van der Waals surface area contributed by atoms with Gasteiger partial charge in [-0.05, 0) is 27.7 Å². The Morgan fingerprint density at radius 1 is 1.17 bits per heavy atom. The van der Waals surface area contributed by atoms with Gasteiger partial charge in [-0.2, -0.15) is 0 Å². The number of ether oxygens (including phenoxy) is 3. The van der Waals surface area contributed by atoms with E-state index in [1.54, 1.807) is 20.8 Å². The molecule has 162 valence electrons. The van der Waals surface area contributed by atoms with E-state index in [0.717, 1.165) is 0 Å². The predicted molar refractivity (Wildman–Crippen MR) is 107 cm³/mol. The number of fused-ring (bicyclic) bond motifs is 1. The first kappa shape index (κ1) is 22.8. The van der Waals surface area contributed by atoms with Gasteiger partial charge < -0.3 is 19.5 Å². The molecule has 0 radical (unpaired) electrons. The zero-order valence-electron chi connectivity index (χ0n) is 17.7. The quantitative estimate of drug-likeness (QED) is 0.405. The van der Waals surface area contributed by atoms with E-state index in [1.165, 1.54) is 27.2 Å². The van der Waals surface area contributed by atoms with Crippen LogP contribution in [0.25, 0.3) is 11.0 Å². The fourth-order valence-electron chi connectivity index (χ4n) is 2.74. The number of carbonyl (C=O) groups excluding carboxylic acids is 2. The number of nitro benzene ring substituents is 1.